The molecule has 24 heavy (non-hydrogen) atoms. The van der Waals surface area contributed by atoms with Crippen molar-refractivity contribution in [1.29, 1.82) is 0 Å². The van der Waals surface area contributed by atoms with Gasteiger partial charge in [0, 0.05) is 19.2 Å². The Bertz CT molecular complexity index is 787. The predicted octanol–water partition coefficient (Wildman–Crippen LogP) is 3.88. The topological polar surface area (TPSA) is 84.3 Å². The fraction of sp³-hybridized carbons (Fsp3) is 0.133. The summed E-state index contributed by atoms with van der Waals surface area (Å²) < 4.78 is 13.4. The summed E-state index contributed by atoms with van der Waals surface area (Å²) in [7, 11) is 0. The van der Waals surface area contributed by atoms with Crippen LogP contribution in [0, 0.1) is 15.9 Å². The summed E-state index contributed by atoms with van der Waals surface area (Å²) in [6.45, 7) is 0.399. The average Bonchev–Trinajstić information content (AvgIpc) is 2.55. The first kappa shape index (κ1) is 18.0. The number of hydrogen-bond donors (Lipinski definition) is 2. The lowest BCUT2D eigenvalue weighted by atomic mass is 10.2. The number of carbonyl (C=O) groups is 1. The average molecular weight is 372 g/mol. The minimum Gasteiger partial charge on any atom is -0.378 e. The molecule has 2 aromatic rings. The zero-order chi connectivity index (χ0) is 17.7. The van der Waals surface area contributed by atoms with E-state index in [9.17, 15) is 19.3 Å². The molecule has 0 aliphatic rings. The Morgan fingerprint density at radius 1 is 1.17 bits per heavy atom. The number of halogens is 3. The molecule has 0 spiro atoms. The smallest absolute Gasteiger partial charge is 0.292 e. The number of hydrogen-bond acceptors (Lipinski definition) is 4. The molecule has 1 amide bonds. The molecule has 0 unspecified atom stereocenters. The summed E-state index contributed by atoms with van der Waals surface area (Å²) in [5.41, 5.74) is 0.239. The molecule has 2 N–H and O–H groups in total. The molecule has 0 saturated heterocycles. The molecule has 2 aromatic carbocycles. The molecule has 0 bridgehead atoms. The second-order valence-corrected chi connectivity index (χ2v) is 5.52. The largest absolute Gasteiger partial charge is 0.378 e. The van der Waals surface area contributed by atoms with Gasteiger partial charge >= 0.3 is 0 Å². The number of amides is 1. The van der Waals surface area contributed by atoms with Crippen LogP contribution in [0.1, 0.15) is 10.4 Å². The van der Waals surface area contributed by atoms with Gasteiger partial charge in [0.15, 0.2) is 0 Å². The molecular weight excluding hydrogens is 360 g/mol. The molecule has 0 heterocycles. The number of rotatable bonds is 6. The number of nitro benzene ring substituents is 1. The van der Waals surface area contributed by atoms with Crippen molar-refractivity contribution < 1.29 is 14.1 Å². The summed E-state index contributed by atoms with van der Waals surface area (Å²) in [4.78, 5) is 22.4. The number of nitrogens with zero attached hydrogens (tertiary/aromatic N) is 1. The number of anilines is 1. The SMILES string of the molecule is O=C(NCCNc1ccccc1[N+](=O)[O-])c1cc(F)c(Cl)cc1Cl. The molecular formula is C15H12Cl2FN3O3. The molecule has 0 fully saturated rings. The zero-order valence-electron chi connectivity index (χ0n) is 12.2. The van der Waals surface area contributed by atoms with Crippen molar-refractivity contribution in [2.75, 3.05) is 18.4 Å². The van der Waals surface area contributed by atoms with Gasteiger partial charge < -0.3 is 10.6 Å². The lowest BCUT2D eigenvalue weighted by Gasteiger charge is -2.09. The summed E-state index contributed by atoms with van der Waals surface area (Å²) in [5, 5.41) is 16.1. The summed E-state index contributed by atoms with van der Waals surface area (Å²) in [6.07, 6.45) is 0. The predicted molar refractivity (Wildman–Crippen MR) is 90.3 cm³/mol. The van der Waals surface area contributed by atoms with Crippen LogP contribution in [0.15, 0.2) is 36.4 Å². The van der Waals surface area contributed by atoms with Gasteiger partial charge in [-0.3, -0.25) is 14.9 Å². The van der Waals surface area contributed by atoms with Crippen molar-refractivity contribution in [2.45, 2.75) is 0 Å². The van der Waals surface area contributed by atoms with Crippen molar-refractivity contribution in [3.05, 3.63) is 67.9 Å². The molecule has 0 aliphatic carbocycles. The maximum absolute atomic E-state index is 13.4. The van der Waals surface area contributed by atoms with Gasteiger partial charge in [-0.05, 0) is 18.2 Å². The molecule has 2 rings (SSSR count). The van der Waals surface area contributed by atoms with E-state index in [1.165, 1.54) is 6.07 Å². The summed E-state index contributed by atoms with van der Waals surface area (Å²) in [5.74, 6) is -1.32. The van der Waals surface area contributed by atoms with E-state index in [0.29, 0.717) is 5.69 Å². The van der Waals surface area contributed by atoms with Gasteiger partial charge in [-0.2, -0.15) is 0 Å². The van der Waals surface area contributed by atoms with Crippen LogP contribution in [0.2, 0.25) is 10.0 Å². The third kappa shape index (κ3) is 4.33. The highest BCUT2D eigenvalue weighted by Crippen LogP contribution is 2.24. The molecule has 9 heteroatoms. The number of carbonyl (C=O) groups excluding carboxylic acids is 1. The van der Waals surface area contributed by atoms with Crippen LogP contribution in [-0.2, 0) is 0 Å². The first-order valence-electron chi connectivity index (χ1n) is 6.80. The minimum atomic E-state index is -0.746. The molecule has 0 atom stereocenters. The fourth-order valence-corrected chi connectivity index (χ4v) is 2.42. The monoisotopic (exact) mass is 371 g/mol. The van der Waals surface area contributed by atoms with E-state index in [-0.39, 0.29) is 34.4 Å². The Hall–Kier alpha value is -2.38. The summed E-state index contributed by atoms with van der Waals surface area (Å²) in [6, 6.07) is 8.25. The van der Waals surface area contributed by atoms with Crippen LogP contribution >= 0.6 is 23.2 Å². The molecule has 0 aliphatic heterocycles. The van der Waals surface area contributed by atoms with Crippen LogP contribution in [0.3, 0.4) is 0 Å². The normalized spacial score (nSPS) is 10.3. The van der Waals surface area contributed by atoms with E-state index in [2.05, 4.69) is 10.6 Å². The Morgan fingerprint density at radius 3 is 2.58 bits per heavy atom. The highest BCUT2D eigenvalue weighted by atomic mass is 35.5. The minimum absolute atomic E-state index is 0.0329. The van der Waals surface area contributed by atoms with Crippen LogP contribution in [-0.4, -0.2) is 23.9 Å². The number of nitro groups is 1. The van der Waals surface area contributed by atoms with E-state index >= 15 is 0 Å². The zero-order valence-corrected chi connectivity index (χ0v) is 13.7. The number of nitrogens with one attached hydrogen (secondary N) is 2. The van der Waals surface area contributed by atoms with Gasteiger partial charge in [0.25, 0.3) is 11.6 Å². The molecule has 0 saturated carbocycles. The maximum Gasteiger partial charge on any atom is 0.292 e. The second-order valence-electron chi connectivity index (χ2n) is 4.70. The standard InChI is InChI=1S/C15H12Cl2FN3O3/c16-10-8-11(17)12(18)7-9(10)15(22)20-6-5-19-13-3-1-2-4-14(13)21(23)24/h1-4,7-8,19H,5-6H2,(H,20,22). The van der Waals surface area contributed by atoms with Gasteiger partial charge in [0.05, 0.1) is 20.5 Å². The van der Waals surface area contributed by atoms with Crippen molar-refractivity contribution in [1.82, 2.24) is 5.32 Å². The van der Waals surface area contributed by atoms with Gasteiger partial charge in [0.2, 0.25) is 0 Å². The Kier molecular flexibility index (Phi) is 5.94. The van der Waals surface area contributed by atoms with Gasteiger partial charge in [-0.15, -0.1) is 0 Å². The molecule has 126 valence electrons. The Labute approximate surface area is 146 Å². The van der Waals surface area contributed by atoms with Gasteiger partial charge in [-0.25, -0.2) is 4.39 Å². The fourth-order valence-electron chi connectivity index (χ4n) is 1.95. The van der Waals surface area contributed by atoms with Crippen LogP contribution < -0.4 is 10.6 Å². The van der Waals surface area contributed by atoms with Crippen molar-refractivity contribution >= 4 is 40.5 Å². The summed E-state index contributed by atoms with van der Waals surface area (Å²) >= 11 is 11.4. The third-order valence-corrected chi connectivity index (χ3v) is 3.68. The van der Waals surface area contributed by atoms with E-state index in [0.717, 1.165) is 12.1 Å². The lowest BCUT2D eigenvalue weighted by molar-refractivity contribution is -0.384. The first-order chi connectivity index (χ1) is 11.4. The van der Waals surface area contributed by atoms with Crippen molar-refractivity contribution in [3.8, 4) is 0 Å². The second kappa shape index (κ2) is 7.94. The Balaban J connectivity index is 1.92. The van der Waals surface area contributed by atoms with Crippen molar-refractivity contribution in [2.24, 2.45) is 0 Å². The van der Waals surface area contributed by atoms with Gasteiger partial charge in [0.1, 0.15) is 11.5 Å². The first-order valence-corrected chi connectivity index (χ1v) is 7.55. The van der Waals surface area contributed by atoms with Crippen LogP contribution in [0.4, 0.5) is 15.8 Å². The van der Waals surface area contributed by atoms with E-state index in [4.69, 9.17) is 23.2 Å². The lowest BCUT2D eigenvalue weighted by Crippen LogP contribution is -2.29. The third-order valence-electron chi connectivity index (χ3n) is 3.08. The van der Waals surface area contributed by atoms with E-state index in [1.807, 2.05) is 0 Å². The van der Waals surface area contributed by atoms with E-state index < -0.39 is 16.6 Å². The quantitative estimate of drug-likeness (QED) is 0.349. The highest BCUT2D eigenvalue weighted by Gasteiger charge is 2.14. The molecule has 0 radical (unpaired) electrons. The van der Waals surface area contributed by atoms with Gasteiger partial charge in [-0.1, -0.05) is 35.3 Å². The maximum atomic E-state index is 13.4. The van der Waals surface area contributed by atoms with Crippen molar-refractivity contribution in [3.63, 3.8) is 0 Å². The molecule has 6 nitrogen and oxygen atoms in total. The van der Waals surface area contributed by atoms with Crippen LogP contribution in [0.5, 0.6) is 0 Å². The van der Waals surface area contributed by atoms with Crippen LogP contribution in [0.25, 0.3) is 0 Å². The number of benzene rings is 2. The number of para-hydroxylation sites is 2. The molecule has 0 aromatic heterocycles. The van der Waals surface area contributed by atoms with E-state index in [1.54, 1.807) is 18.2 Å². The highest BCUT2D eigenvalue weighted by molar-refractivity contribution is 6.36. The Morgan fingerprint density at radius 2 is 1.88 bits per heavy atom.